The third kappa shape index (κ3) is 5.29. The summed E-state index contributed by atoms with van der Waals surface area (Å²) >= 11 is 0. The van der Waals surface area contributed by atoms with Crippen LogP contribution in [-0.4, -0.2) is 26.7 Å². The minimum atomic E-state index is -0.156. The van der Waals surface area contributed by atoms with Crippen LogP contribution in [0.4, 0.5) is 5.69 Å². The average molecular weight is 346 g/mol. The summed E-state index contributed by atoms with van der Waals surface area (Å²) in [6, 6.07) is 5.45. The van der Waals surface area contributed by atoms with E-state index >= 15 is 0 Å². The maximum Gasteiger partial charge on any atom is 0.225 e. The van der Waals surface area contributed by atoms with E-state index in [0.717, 1.165) is 17.2 Å². The molecule has 2 aromatic rings. The number of hydrogen-bond acceptors (Lipinski definition) is 4. The van der Waals surface area contributed by atoms with Gasteiger partial charge >= 0.3 is 0 Å². The Morgan fingerprint density at radius 1 is 1.36 bits per heavy atom. The zero-order valence-corrected chi connectivity index (χ0v) is 14.4. The Morgan fingerprint density at radius 2 is 2.05 bits per heavy atom. The number of pyridine rings is 1. The van der Waals surface area contributed by atoms with Crippen LogP contribution in [0.1, 0.15) is 24.7 Å². The van der Waals surface area contributed by atoms with E-state index in [1.807, 2.05) is 26.0 Å². The van der Waals surface area contributed by atoms with E-state index in [1.54, 1.807) is 23.9 Å². The lowest BCUT2D eigenvalue weighted by Crippen LogP contribution is -2.24. The van der Waals surface area contributed by atoms with E-state index < -0.39 is 0 Å². The molecule has 2 aromatic heterocycles. The van der Waals surface area contributed by atoms with Crippen LogP contribution in [0.15, 0.2) is 24.4 Å². The number of anilines is 1. The standard InChI is InChI=1S/C14H19N5O.2ClH/c1-9(15)6-14(20)17-12-4-5-13(16-8-12)19-11(3)7-10(2)18-19;;/h4-5,7-9H,6,15H2,1-3H3,(H,17,20);2*1H. The molecule has 22 heavy (non-hydrogen) atoms. The number of amides is 1. The topological polar surface area (TPSA) is 85.8 Å². The number of halogens is 2. The van der Waals surface area contributed by atoms with Crippen LogP contribution in [0.5, 0.6) is 0 Å². The molecule has 8 heteroatoms. The number of aromatic nitrogens is 3. The molecule has 1 amide bonds. The van der Waals surface area contributed by atoms with Crippen LogP contribution in [0, 0.1) is 13.8 Å². The van der Waals surface area contributed by atoms with Crippen LogP contribution >= 0.6 is 24.8 Å². The Hall–Kier alpha value is -1.63. The van der Waals surface area contributed by atoms with Crippen molar-refractivity contribution in [3.63, 3.8) is 0 Å². The molecule has 0 fully saturated rings. The molecule has 0 aromatic carbocycles. The normalized spacial score (nSPS) is 11.1. The largest absolute Gasteiger partial charge is 0.327 e. The predicted octanol–water partition coefficient (Wildman–Crippen LogP) is 2.40. The molecule has 0 saturated carbocycles. The Kier molecular flexibility index (Phi) is 8.08. The molecule has 0 spiro atoms. The van der Waals surface area contributed by atoms with E-state index in [0.29, 0.717) is 12.1 Å². The fraction of sp³-hybridized carbons (Fsp3) is 0.357. The SMILES string of the molecule is Cc1cc(C)n(-c2ccc(NC(=O)CC(C)N)cn2)n1.Cl.Cl. The third-order valence-corrected chi connectivity index (χ3v) is 2.77. The van der Waals surface area contributed by atoms with Crippen molar-refractivity contribution in [2.75, 3.05) is 5.32 Å². The molecule has 0 aliphatic heterocycles. The van der Waals surface area contributed by atoms with Crippen LogP contribution in [0.25, 0.3) is 5.82 Å². The van der Waals surface area contributed by atoms with Gasteiger partial charge in [0.15, 0.2) is 5.82 Å². The number of nitrogens with one attached hydrogen (secondary N) is 1. The van der Waals surface area contributed by atoms with Crippen molar-refractivity contribution >= 4 is 36.4 Å². The number of carbonyl (C=O) groups excluding carboxylic acids is 1. The molecule has 0 aliphatic carbocycles. The number of nitrogens with zero attached hydrogens (tertiary/aromatic N) is 3. The Balaban J connectivity index is 0.00000220. The van der Waals surface area contributed by atoms with Crippen molar-refractivity contribution in [3.8, 4) is 5.82 Å². The minimum absolute atomic E-state index is 0. The molecule has 0 bridgehead atoms. The summed E-state index contributed by atoms with van der Waals surface area (Å²) in [5.74, 6) is 0.612. The van der Waals surface area contributed by atoms with Crippen molar-refractivity contribution in [1.82, 2.24) is 14.8 Å². The van der Waals surface area contributed by atoms with Crippen molar-refractivity contribution < 1.29 is 4.79 Å². The zero-order chi connectivity index (χ0) is 14.7. The Labute approximate surface area is 142 Å². The number of carbonyl (C=O) groups is 1. The molecule has 0 saturated heterocycles. The molecule has 2 heterocycles. The highest BCUT2D eigenvalue weighted by atomic mass is 35.5. The van der Waals surface area contributed by atoms with Crippen molar-refractivity contribution in [2.24, 2.45) is 5.73 Å². The minimum Gasteiger partial charge on any atom is -0.327 e. The molecule has 122 valence electrons. The average Bonchev–Trinajstić information content (AvgIpc) is 2.68. The molecule has 0 radical (unpaired) electrons. The molecular weight excluding hydrogens is 325 g/mol. The monoisotopic (exact) mass is 345 g/mol. The second kappa shape index (κ2) is 8.73. The summed E-state index contributed by atoms with van der Waals surface area (Å²) in [4.78, 5) is 15.9. The maximum atomic E-state index is 11.6. The highest BCUT2D eigenvalue weighted by Gasteiger charge is 2.07. The van der Waals surface area contributed by atoms with Crippen molar-refractivity contribution in [1.29, 1.82) is 0 Å². The van der Waals surface area contributed by atoms with Gasteiger partial charge in [-0.05, 0) is 39.0 Å². The van der Waals surface area contributed by atoms with Gasteiger partial charge in [-0.3, -0.25) is 4.79 Å². The third-order valence-electron chi connectivity index (χ3n) is 2.77. The summed E-state index contributed by atoms with van der Waals surface area (Å²) in [5, 5.41) is 7.12. The van der Waals surface area contributed by atoms with Crippen LogP contribution in [0.2, 0.25) is 0 Å². The summed E-state index contributed by atoms with van der Waals surface area (Å²) in [7, 11) is 0. The highest BCUT2D eigenvalue weighted by Crippen LogP contribution is 2.12. The fourth-order valence-electron chi connectivity index (χ4n) is 1.95. The molecule has 1 atom stereocenters. The molecule has 1 unspecified atom stereocenters. The van der Waals surface area contributed by atoms with Gasteiger partial charge in [-0.1, -0.05) is 0 Å². The summed E-state index contributed by atoms with van der Waals surface area (Å²) in [6.45, 7) is 5.70. The molecule has 2 rings (SSSR count). The first-order valence-electron chi connectivity index (χ1n) is 6.51. The van der Waals surface area contributed by atoms with Gasteiger partial charge in [0, 0.05) is 18.2 Å². The second-order valence-corrected chi connectivity index (χ2v) is 4.97. The van der Waals surface area contributed by atoms with Crippen LogP contribution in [-0.2, 0) is 4.79 Å². The van der Waals surface area contributed by atoms with Gasteiger partial charge in [0.05, 0.1) is 17.6 Å². The van der Waals surface area contributed by atoms with Gasteiger partial charge in [-0.2, -0.15) is 5.10 Å². The molecular formula is C14H21Cl2N5O. The molecule has 0 aliphatic rings. The molecule has 6 nitrogen and oxygen atoms in total. The number of nitrogens with two attached hydrogens (primary N) is 1. The summed E-state index contributed by atoms with van der Waals surface area (Å²) < 4.78 is 1.77. The van der Waals surface area contributed by atoms with E-state index in [9.17, 15) is 4.79 Å². The Morgan fingerprint density at radius 3 is 2.50 bits per heavy atom. The van der Waals surface area contributed by atoms with Gasteiger partial charge in [-0.15, -0.1) is 24.8 Å². The van der Waals surface area contributed by atoms with Gasteiger partial charge in [-0.25, -0.2) is 9.67 Å². The first-order valence-corrected chi connectivity index (χ1v) is 6.51. The smallest absolute Gasteiger partial charge is 0.225 e. The Bertz CT molecular complexity index is 610. The van der Waals surface area contributed by atoms with Gasteiger partial charge < -0.3 is 11.1 Å². The number of hydrogen-bond donors (Lipinski definition) is 2. The summed E-state index contributed by atoms with van der Waals surface area (Å²) in [6.07, 6.45) is 1.91. The van der Waals surface area contributed by atoms with Gasteiger partial charge in [0.1, 0.15) is 0 Å². The second-order valence-electron chi connectivity index (χ2n) is 4.97. The van der Waals surface area contributed by atoms with Crippen LogP contribution in [0.3, 0.4) is 0 Å². The van der Waals surface area contributed by atoms with Crippen LogP contribution < -0.4 is 11.1 Å². The van der Waals surface area contributed by atoms with E-state index in [-0.39, 0.29) is 36.8 Å². The van der Waals surface area contributed by atoms with Gasteiger partial charge in [0.2, 0.25) is 5.91 Å². The zero-order valence-electron chi connectivity index (χ0n) is 12.7. The van der Waals surface area contributed by atoms with E-state index in [4.69, 9.17) is 5.73 Å². The lowest BCUT2D eigenvalue weighted by atomic mass is 10.2. The van der Waals surface area contributed by atoms with E-state index in [1.165, 1.54) is 0 Å². The summed E-state index contributed by atoms with van der Waals surface area (Å²) in [5.41, 5.74) is 8.19. The number of rotatable bonds is 4. The maximum absolute atomic E-state index is 11.6. The first kappa shape index (κ1) is 20.4. The first-order chi connectivity index (χ1) is 9.45. The van der Waals surface area contributed by atoms with E-state index in [2.05, 4.69) is 15.4 Å². The predicted molar refractivity (Wildman–Crippen MR) is 92.2 cm³/mol. The number of aryl methyl sites for hydroxylation is 2. The lowest BCUT2D eigenvalue weighted by molar-refractivity contribution is -0.116. The lowest BCUT2D eigenvalue weighted by Gasteiger charge is -2.08. The van der Waals surface area contributed by atoms with Crippen molar-refractivity contribution in [3.05, 3.63) is 35.8 Å². The molecule has 3 N–H and O–H groups in total. The quantitative estimate of drug-likeness (QED) is 0.890. The van der Waals surface area contributed by atoms with Gasteiger partial charge in [0.25, 0.3) is 0 Å². The fourth-order valence-corrected chi connectivity index (χ4v) is 1.95. The van der Waals surface area contributed by atoms with Crippen molar-refractivity contribution in [2.45, 2.75) is 33.2 Å². The highest BCUT2D eigenvalue weighted by molar-refractivity contribution is 5.90.